The maximum atomic E-state index is 9.84. The zero-order chi connectivity index (χ0) is 11.9. The van der Waals surface area contributed by atoms with Crippen molar-refractivity contribution < 1.29 is 5.11 Å². The van der Waals surface area contributed by atoms with E-state index in [2.05, 4.69) is 32.7 Å². The van der Waals surface area contributed by atoms with Gasteiger partial charge in [-0.1, -0.05) is 20.8 Å². The normalized spacial score (nSPS) is 13.0. The van der Waals surface area contributed by atoms with Gasteiger partial charge in [-0.05, 0) is 43.4 Å². The number of aromatic nitrogens is 1. The van der Waals surface area contributed by atoms with Crippen molar-refractivity contribution >= 4 is 0 Å². The highest BCUT2D eigenvalue weighted by Crippen LogP contribution is 2.27. The second kappa shape index (κ2) is 3.60. The van der Waals surface area contributed by atoms with Crippen LogP contribution in [0.3, 0.4) is 0 Å². The summed E-state index contributed by atoms with van der Waals surface area (Å²) in [6.45, 7) is 12.1. The molecule has 1 rings (SSSR count). The van der Waals surface area contributed by atoms with E-state index in [4.69, 9.17) is 0 Å². The number of rotatable bonds is 1. The maximum Gasteiger partial charge on any atom is 0.101 e. The number of aryl methyl sites for hydroxylation is 1. The quantitative estimate of drug-likeness (QED) is 0.768. The Bertz CT molecular complexity index is 356. The Labute approximate surface area is 92.4 Å². The largest absolute Gasteiger partial charge is 0.384 e. The van der Waals surface area contributed by atoms with E-state index >= 15 is 0 Å². The molecule has 2 nitrogen and oxygen atoms in total. The van der Waals surface area contributed by atoms with Crippen molar-refractivity contribution in [2.75, 3.05) is 0 Å². The SMILES string of the molecule is Cc1cc(C(C)(C)O)ncc1C(C)(C)C. The van der Waals surface area contributed by atoms with Crippen LogP contribution in [0.2, 0.25) is 0 Å². The van der Waals surface area contributed by atoms with Gasteiger partial charge in [-0.15, -0.1) is 0 Å². The van der Waals surface area contributed by atoms with Gasteiger partial charge in [-0.2, -0.15) is 0 Å². The first-order valence-electron chi connectivity index (χ1n) is 5.32. The topological polar surface area (TPSA) is 33.1 Å². The van der Waals surface area contributed by atoms with E-state index in [0.717, 1.165) is 5.69 Å². The van der Waals surface area contributed by atoms with Crippen molar-refractivity contribution in [1.82, 2.24) is 4.98 Å². The molecule has 0 bridgehead atoms. The Balaban J connectivity index is 3.21. The third-order valence-corrected chi connectivity index (χ3v) is 2.55. The molecular formula is C13H21NO. The molecule has 0 atom stereocenters. The number of aliphatic hydroxyl groups is 1. The zero-order valence-corrected chi connectivity index (χ0v) is 10.5. The molecule has 0 saturated carbocycles. The van der Waals surface area contributed by atoms with Crippen LogP contribution in [-0.4, -0.2) is 10.1 Å². The lowest BCUT2D eigenvalue weighted by molar-refractivity contribution is 0.0737. The van der Waals surface area contributed by atoms with Gasteiger partial charge in [-0.3, -0.25) is 4.98 Å². The van der Waals surface area contributed by atoms with E-state index in [1.54, 1.807) is 13.8 Å². The second-order valence-electron chi connectivity index (χ2n) is 5.69. The molecule has 0 aromatic carbocycles. The van der Waals surface area contributed by atoms with Gasteiger partial charge in [0.1, 0.15) is 5.60 Å². The first-order valence-corrected chi connectivity index (χ1v) is 5.32. The second-order valence-corrected chi connectivity index (χ2v) is 5.69. The first kappa shape index (κ1) is 12.2. The number of hydrogen-bond donors (Lipinski definition) is 1. The molecule has 0 spiro atoms. The molecule has 0 radical (unpaired) electrons. The Morgan fingerprint density at radius 1 is 1.13 bits per heavy atom. The minimum Gasteiger partial charge on any atom is -0.384 e. The van der Waals surface area contributed by atoms with Crippen molar-refractivity contribution in [2.45, 2.75) is 52.6 Å². The molecule has 0 saturated heterocycles. The first-order chi connectivity index (χ1) is 6.62. The fourth-order valence-electron chi connectivity index (χ4n) is 1.68. The number of nitrogens with zero attached hydrogens (tertiary/aromatic N) is 1. The summed E-state index contributed by atoms with van der Waals surface area (Å²) in [6.07, 6.45) is 1.88. The van der Waals surface area contributed by atoms with Crippen molar-refractivity contribution in [1.29, 1.82) is 0 Å². The van der Waals surface area contributed by atoms with Gasteiger partial charge in [0.05, 0.1) is 5.69 Å². The van der Waals surface area contributed by atoms with E-state index in [9.17, 15) is 5.11 Å². The monoisotopic (exact) mass is 207 g/mol. The van der Waals surface area contributed by atoms with Crippen molar-refractivity contribution in [3.8, 4) is 0 Å². The number of pyridine rings is 1. The predicted octanol–water partition coefficient (Wildman–Crippen LogP) is 2.91. The molecule has 0 fully saturated rings. The molecule has 0 amide bonds. The summed E-state index contributed by atoms with van der Waals surface area (Å²) in [6, 6.07) is 1.97. The fraction of sp³-hybridized carbons (Fsp3) is 0.615. The molecule has 1 aromatic rings. The lowest BCUT2D eigenvalue weighted by atomic mass is 9.84. The van der Waals surface area contributed by atoms with Crippen LogP contribution < -0.4 is 0 Å². The van der Waals surface area contributed by atoms with Crippen LogP contribution in [-0.2, 0) is 11.0 Å². The van der Waals surface area contributed by atoms with Crippen LogP contribution in [0.1, 0.15) is 51.4 Å². The van der Waals surface area contributed by atoms with Gasteiger partial charge in [0.15, 0.2) is 0 Å². The molecule has 2 heteroatoms. The Kier molecular flexibility index (Phi) is 2.92. The average molecular weight is 207 g/mol. The average Bonchev–Trinajstić information content (AvgIpc) is 1.99. The third-order valence-electron chi connectivity index (χ3n) is 2.55. The van der Waals surface area contributed by atoms with Crippen molar-refractivity contribution in [3.63, 3.8) is 0 Å². The van der Waals surface area contributed by atoms with E-state index in [1.807, 2.05) is 12.3 Å². The van der Waals surface area contributed by atoms with Crippen molar-refractivity contribution in [3.05, 3.63) is 29.1 Å². The molecular weight excluding hydrogens is 186 g/mol. The summed E-state index contributed by atoms with van der Waals surface area (Å²) in [5.41, 5.74) is 2.40. The molecule has 0 aliphatic carbocycles. The van der Waals surface area contributed by atoms with E-state index in [-0.39, 0.29) is 5.41 Å². The van der Waals surface area contributed by atoms with E-state index in [1.165, 1.54) is 11.1 Å². The molecule has 1 N–H and O–H groups in total. The van der Waals surface area contributed by atoms with Gasteiger partial charge in [0, 0.05) is 6.20 Å². The summed E-state index contributed by atoms with van der Waals surface area (Å²) < 4.78 is 0. The number of hydrogen-bond acceptors (Lipinski definition) is 2. The Morgan fingerprint density at radius 3 is 2.00 bits per heavy atom. The minimum atomic E-state index is -0.860. The van der Waals surface area contributed by atoms with Crippen LogP contribution in [0.4, 0.5) is 0 Å². The van der Waals surface area contributed by atoms with E-state index in [0.29, 0.717) is 0 Å². The molecule has 15 heavy (non-hydrogen) atoms. The summed E-state index contributed by atoms with van der Waals surface area (Å²) in [7, 11) is 0. The predicted molar refractivity (Wildman–Crippen MR) is 62.9 cm³/mol. The van der Waals surface area contributed by atoms with Gasteiger partial charge in [0.2, 0.25) is 0 Å². The Hall–Kier alpha value is -0.890. The molecule has 0 aliphatic rings. The molecule has 1 heterocycles. The maximum absolute atomic E-state index is 9.84. The highest BCUT2D eigenvalue weighted by atomic mass is 16.3. The van der Waals surface area contributed by atoms with E-state index < -0.39 is 5.60 Å². The molecule has 0 aliphatic heterocycles. The van der Waals surface area contributed by atoms with Crippen LogP contribution in [0.5, 0.6) is 0 Å². The lowest BCUT2D eigenvalue weighted by Gasteiger charge is -2.24. The Morgan fingerprint density at radius 2 is 1.67 bits per heavy atom. The zero-order valence-electron chi connectivity index (χ0n) is 10.5. The smallest absolute Gasteiger partial charge is 0.101 e. The van der Waals surface area contributed by atoms with Gasteiger partial charge in [-0.25, -0.2) is 0 Å². The highest BCUT2D eigenvalue weighted by molar-refractivity contribution is 5.32. The molecule has 0 unspecified atom stereocenters. The third kappa shape index (κ3) is 2.78. The summed E-state index contributed by atoms with van der Waals surface area (Å²) in [5.74, 6) is 0. The highest BCUT2D eigenvalue weighted by Gasteiger charge is 2.21. The van der Waals surface area contributed by atoms with Crippen LogP contribution >= 0.6 is 0 Å². The van der Waals surface area contributed by atoms with Gasteiger partial charge >= 0.3 is 0 Å². The van der Waals surface area contributed by atoms with Crippen molar-refractivity contribution in [2.24, 2.45) is 0 Å². The van der Waals surface area contributed by atoms with Crippen LogP contribution in [0, 0.1) is 6.92 Å². The molecule has 84 valence electrons. The van der Waals surface area contributed by atoms with Crippen LogP contribution in [0.25, 0.3) is 0 Å². The minimum absolute atomic E-state index is 0.106. The summed E-state index contributed by atoms with van der Waals surface area (Å²) in [5, 5.41) is 9.84. The van der Waals surface area contributed by atoms with Gasteiger partial charge < -0.3 is 5.11 Å². The van der Waals surface area contributed by atoms with Gasteiger partial charge in [0.25, 0.3) is 0 Å². The lowest BCUT2D eigenvalue weighted by Crippen LogP contribution is -2.20. The molecule has 1 aromatic heterocycles. The summed E-state index contributed by atoms with van der Waals surface area (Å²) in [4.78, 5) is 4.33. The standard InChI is InChI=1S/C13H21NO/c1-9-7-11(13(5,6)15)14-8-10(9)12(2,3)4/h7-8,15H,1-6H3. The summed E-state index contributed by atoms with van der Waals surface area (Å²) >= 11 is 0. The van der Waals surface area contributed by atoms with Crippen LogP contribution in [0.15, 0.2) is 12.3 Å². The fourth-order valence-corrected chi connectivity index (χ4v) is 1.68.